The van der Waals surface area contributed by atoms with Crippen LogP contribution in [0.3, 0.4) is 0 Å². The number of amides is 1. The Morgan fingerprint density at radius 3 is 2.89 bits per heavy atom. The molecule has 4 nitrogen and oxygen atoms in total. The number of nitrogens with zero attached hydrogens (tertiary/aromatic N) is 1. The van der Waals surface area contributed by atoms with E-state index in [1.807, 2.05) is 13.0 Å². The number of rotatable bonds is 5. The highest BCUT2D eigenvalue weighted by atomic mass is 35.5. The summed E-state index contributed by atoms with van der Waals surface area (Å²) < 4.78 is 4.97. The molecule has 0 radical (unpaired) electrons. The maximum atomic E-state index is 11.7. The number of carbonyl (C=O) groups is 1. The van der Waals surface area contributed by atoms with E-state index < -0.39 is 0 Å². The molecule has 1 aromatic rings. The molecule has 0 saturated carbocycles. The summed E-state index contributed by atoms with van der Waals surface area (Å²) in [6, 6.07) is 6.74. The van der Waals surface area contributed by atoms with Crippen molar-refractivity contribution < 1.29 is 9.53 Å². The van der Waals surface area contributed by atoms with Crippen molar-refractivity contribution in [3.05, 3.63) is 28.8 Å². The molecule has 0 aromatic heterocycles. The normalized spacial score (nSPS) is 11.7. The lowest BCUT2D eigenvalue weighted by Crippen LogP contribution is -2.17. The van der Waals surface area contributed by atoms with E-state index in [9.17, 15) is 4.79 Å². The molecule has 1 N–H and O–H groups in total. The van der Waals surface area contributed by atoms with Crippen molar-refractivity contribution in [2.45, 2.75) is 13.3 Å². The van der Waals surface area contributed by atoms with E-state index in [1.54, 1.807) is 19.2 Å². The molecule has 0 aliphatic rings. The lowest BCUT2D eigenvalue weighted by Gasteiger charge is -2.11. The van der Waals surface area contributed by atoms with Gasteiger partial charge in [-0.25, -0.2) is 0 Å². The summed E-state index contributed by atoms with van der Waals surface area (Å²) in [6.45, 7) is 2.47. The van der Waals surface area contributed by atoms with Crippen LogP contribution in [0.15, 0.2) is 18.2 Å². The third-order valence-corrected chi connectivity index (χ3v) is 2.67. The summed E-state index contributed by atoms with van der Waals surface area (Å²) in [5.41, 5.74) is 0.982. The summed E-state index contributed by atoms with van der Waals surface area (Å²) in [5, 5.41) is 11.8. The molecule has 0 saturated heterocycles. The van der Waals surface area contributed by atoms with Gasteiger partial charge in [0.2, 0.25) is 5.91 Å². The molecule has 1 rings (SSSR count). The predicted molar refractivity (Wildman–Crippen MR) is 70.5 cm³/mol. The maximum Gasteiger partial charge on any atom is 0.224 e. The minimum absolute atomic E-state index is 0.119. The Bertz CT molecular complexity index is 469. The molecule has 0 aliphatic carbocycles. The van der Waals surface area contributed by atoms with Crippen LogP contribution in [0, 0.1) is 17.2 Å². The zero-order valence-corrected chi connectivity index (χ0v) is 11.1. The van der Waals surface area contributed by atoms with Gasteiger partial charge in [-0.2, -0.15) is 5.26 Å². The zero-order chi connectivity index (χ0) is 13.5. The molecule has 0 spiro atoms. The first kappa shape index (κ1) is 14.5. The lowest BCUT2D eigenvalue weighted by molar-refractivity contribution is -0.117. The number of hydrogen-bond donors (Lipinski definition) is 1. The highest BCUT2D eigenvalue weighted by Crippen LogP contribution is 2.23. The second-order valence-corrected chi connectivity index (χ2v) is 4.53. The van der Waals surface area contributed by atoms with Gasteiger partial charge in [-0.3, -0.25) is 4.79 Å². The fraction of sp³-hybridized carbons (Fsp3) is 0.385. The number of halogens is 1. The third-order valence-electron chi connectivity index (χ3n) is 2.36. The van der Waals surface area contributed by atoms with Gasteiger partial charge in [0.25, 0.3) is 0 Å². The Labute approximate surface area is 112 Å². The molecule has 18 heavy (non-hydrogen) atoms. The van der Waals surface area contributed by atoms with Gasteiger partial charge in [-0.15, -0.1) is 0 Å². The summed E-state index contributed by atoms with van der Waals surface area (Å²) in [7, 11) is 1.60. The smallest absolute Gasteiger partial charge is 0.224 e. The molecule has 1 aromatic carbocycles. The number of carbonyl (C=O) groups excluding carboxylic acids is 1. The first-order chi connectivity index (χ1) is 8.56. The summed E-state index contributed by atoms with van der Waals surface area (Å²) >= 11 is 5.96. The lowest BCUT2D eigenvalue weighted by atomic mass is 10.1. The van der Waals surface area contributed by atoms with Gasteiger partial charge in [0.05, 0.1) is 22.3 Å². The molecule has 1 unspecified atom stereocenters. The second-order valence-electron chi connectivity index (χ2n) is 4.12. The Hall–Kier alpha value is -1.57. The zero-order valence-electron chi connectivity index (χ0n) is 10.4. The summed E-state index contributed by atoms with van der Waals surface area (Å²) in [6.07, 6.45) is 0.365. The van der Waals surface area contributed by atoms with Gasteiger partial charge >= 0.3 is 0 Å². The molecule has 96 valence electrons. The number of anilines is 1. The minimum atomic E-state index is -0.119. The minimum Gasteiger partial charge on any atom is -0.384 e. The standard InChI is InChI=1S/C13H15ClN2O2/c1-9(8-18-2)5-13(17)16-12-4-3-10(7-15)6-11(12)14/h3-4,6,9H,5,8H2,1-2H3,(H,16,17). The van der Waals surface area contributed by atoms with E-state index in [2.05, 4.69) is 5.32 Å². The Morgan fingerprint density at radius 2 is 2.33 bits per heavy atom. The molecular formula is C13H15ClN2O2. The SMILES string of the molecule is COCC(C)CC(=O)Nc1ccc(C#N)cc1Cl. The third kappa shape index (κ3) is 4.36. The van der Waals surface area contributed by atoms with Crippen LogP contribution < -0.4 is 5.32 Å². The molecule has 1 amide bonds. The van der Waals surface area contributed by atoms with E-state index in [-0.39, 0.29) is 11.8 Å². The van der Waals surface area contributed by atoms with Gasteiger partial charge in [0.15, 0.2) is 0 Å². The highest BCUT2D eigenvalue weighted by Gasteiger charge is 2.11. The largest absolute Gasteiger partial charge is 0.384 e. The van der Waals surface area contributed by atoms with E-state index in [1.165, 1.54) is 6.07 Å². The van der Waals surface area contributed by atoms with E-state index in [4.69, 9.17) is 21.6 Å². The quantitative estimate of drug-likeness (QED) is 0.891. The van der Waals surface area contributed by atoms with Crippen molar-refractivity contribution in [1.29, 1.82) is 5.26 Å². The van der Waals surface area contributed by atoms with Crippen LogP contribution in [-0.4, -0.2) is 19.6 Å². The van der Waals surface area contributed by atoms with Gasteiger partial charge in [0, 0.05) is 20.1 Å². The van der Waals surface area contributed by atoms with Gasteiger partial charge in [-0.05, 0) is 24.1 Å². The van der Waals surface area contributed by atoms with Crippen molar-refractivity contribution in [3.63, 3.8) is 0 Å². The number of hydrogen-bond acceptors (Lipinski definition) is 3. The first-order valence-electron chi connectivity index (χ1n) is 5.55. The molecule has 1 atom stereocenters. The number of benzene rings is 1. The topological polar surface area (TPSA) is 62.1 Å². The van der Waals surface area contributed by atoms with Crippen molar-refractivity contribution in [2.24, 2.45) is 5.92 Å². The van der Waals surface area contributed by atoms with Gasteiger partial charge in [-0.1, -0.05) is 18.5 Å². The van der Waals surface area contributed by atoms with Crippen molar-refractivity contribution in [2.75, 3.05) is 19.0 Å². The van der Waals surface area contributed by atoms with Gasteiger partial charge in [0.1, 0.15) is 0 Å². The van der Waals surface area contributed by atoms with Crippen LogP contribution in [0.25, 0.3) is 0 Å². The summed E-state index contributed by atoms with van der Waals surface area (Å²) in [5.74, 6) is 0.0262. The molecular weight excluding hydrogens is 252 g/mol. The Kier molecular flexibility index (Phi) is 5.63. The first-order valence-corrected chi connectivity index (χ1v) is 5.93. The van der Waals surface area contributed by atoms with E-state index in [0.29, 0.717) is 29.3 Å². The van der Waals surface area contributed by atoms with Crippen LogP contribution in [0.4, 0.5) is 5.69 Å². The molecule has 0 fully saturated rings. The molecule has 0 bridgehead atoms. The van der Waals surface area contributed by atoms with Crippen molar-refractivity contribution in [3.8, 4) is 6.07 Å². The van der Waals surface area contributed by atoms with Crippen molar-refractivity contribution >= 4 is 23.2 Å². The Balaban J connectivity index is 2.62. The van der Waals surface area contributed by atoms with Crippen LogP contribution in [-0.2, 0) is 9.53 Å². The second kappa shape index (κ2) is 7.00. The highest BCUT2D eigenvalue weighted by molar-refractivity contribution is 6.33. The van der Waals surface area contributed by atoms with Crippen LogP contribution in [0.1, 0.15) is 18.9 Å². The van der Waals surface area contributed by atoms with Gasteiger partial charge < -0.3 is 10.1 Å². The number of methoxy groups -OCH3 is 1. The average molecular weight is 267 g/mol. The van der Waals surface area contributed by atoms with Crippen LogP contribution >= 0.6 is 11.6 Å². The number of nitrogens with one attached hydrogen (secondary N) is 1. The molecule has 0 heterocycles. The monoisotopic (exact) mass is 266 g/mol. The van der Waals surface area contributed by atoms with Crippen LogP contribution in [0.2, 0.25) is 5.02 Å². The Morgan fingerprint density at radius 1 is 1.61 bits per heavy atom. The van der Waals surface area contributed by atoms with E-state index >= 15 is 0 Å². The molecule has 5 heteroatoms. The maximum absolute atomic E-state index is 11.7. The average Bonchev–Trinajstić information content (AvgIpc) is 2.31. The fourth-order valence-corrected chi connectivity index (χ4v) is 1.77. The number of ether oxygens (including phenoxy) is 1. The van der Waals surface area contributed by atoms with Crippen LogP contribution in [0.5, 0.6) is 0 Å². The van der Waals surface area contributed by atoms with E-state index in [0.717, 1.165) is 0 Å². The molecule has 0 aliphatic heterocycles. The summed E-state index contributed by atoms with van der Waals surface area (Å²) in [4.78, 5) is 11.7. The fourth-order valence-electron chi connectivity index (χ4n) is 1.55. The van der Waals surface area contributed by atoms with Crippen molar-refractivity contribution in [1.82, 2.24) is 0 Å². The predicted octanol–water partition coefficient (Wildman–Crippen LogP) is 2.82. The number of nitriles is 1.